The van der Waals surface area contributed by atoms with Crippen molar-refractivity contribution < 1.29 is 20.1 Å². The van der Waals surface area contributed by atoms with E-state index >= 15 is 0 Å². The van der Waals surface area contributed by atoms with Crippen molar-refractivity contribution in [2.24, 2.45) is 0 Å². The lowest BCUT2D eigenvalue weighted by Crippen LogP contribution is -2.61. The van der Waals surface area contributed by atoms with Gasteiger partial charge in [0.25, 0.3) is 0 Å². The Kier molecular flexibility index (Phi) is 3.22. The minimum absolute atomic E-state index is 0.504. The Morgan fingerprint density at radius 3 is 2.63 bits per heavy atom. The van der Waals surface area contributed by atoms with E-state index in [9.17, 15) is 15.3 Å². The summed E-state index contributed by atoms with van der Waals surface area (Å²) in [5, 5.41) is 29.7. The van der Waals surface area contributed by atoms with E-state index in [1.807, 2.05) is 23.1 Å². The van der Waals surface area contributed by atoms with Gasteiger partial charge in [-0.3, -0.25) is 0 Å². The molecule has 3 rings (SSSR count). The van der Waals surface area contributed by atoms with Gasteiger partial charge in [-0.05, 0) is 25.0 Å². The maximum atomic E-state index is 10.1. The lowest BCUT2D eigenvalue weighted by molar-refractivity contribution is -0.216. The van der Waals surface area contributed by atoms with Gasteiger partial charge in [-0.25, -0.2) is 0 Å². The van der Waals surface area contributed by atoms with Crippen molar-refractivity contribution in [2.45, 2.75) is 44.0 Å². The van der Waals surface area contributed by atoms with Gasteiger partial charge in [-0.15, -0.1) is 0 Å². The molecule has 0 saturated carbocycles. The maximum absolute atomic E-state index is 10.1. The first kappa shape index (κ1) is 12.9. The number of benzene rings is 1. The van der Waals surface area contributed by atoms with Gasteiger partial charge in [0, 0.05) is 12.2 Å². The summed E-state index contributed by atoms with van der Waals surface area (Å²) < 4.78 is 5.69. The first-order chi connectivity index (χ1) is 9.09. The standard InChI is InChI=1S/C14H19NO4/c1-8-11(16)12(17)13(18)14(19-8)15-7-6-9-4-2-3-5-10(9)15/h2-5,8,11-14,16-18H,6-7H2,1H3/t8-,11-,12+,13+,14+/m0/s1. The zero-order valence-electron chi connectivity index (χ0n) is 10.8. The highest BCUT2D eigenvalue weighted by molar-refractivity contribution is 5.58. The number of anilines is 1. The summed E-state index contributed by atoms with van der Waals surface area (Å²) in [6.45, 7) is 2.45. The number of fused-ring (bicyclic) bond motifs is 1. The van der Waals surface area contributed by atoms with Crippen LogP contribution in [0.1, 0.15) is 12.5 Å². The van der Waals surface area contributed by atoms with Crippen LogP contribution in [0.5, 0.6) is 0 Å². The molecule has 0 aliphatic carbocycles. The molecule has 0 bridgehead atoms. The van der Waals surface area contributed by atoms with Gasteiger partial charge in [0.15, 0.2) is 6.23 Å². The first-order valence-corrected chi connectivity index (χ1v) is 6.64. The van der Waals surface area contributed by atoms with Crippen LogP contribution in [-0.2, 0) is 11.2 Å². The third kappa shape index (κ3) is 2.03. The molecule has 5 atom stereocenters. The van der Waals surface area contributed by atoms with Crippen LogP contribution in [0.4, 0.5) is 5.69 Å². The molecule has 0 spiro atoms. The van der Waals surface area contributed by atoms with E-state index in [1.165, 1.54) is 5.56 Å². The molecule has 1 aromatic carbocycles. The average molecular weight is 265 g/mol. The molecule has 0 unspecified atom stereocenters. The number of nitrogens with zero attached hydrogens (tertiary/aromatic N) is 1. The van der Waals surface area contributed by atoms with Gasteiger partial charge >= 0.3 is 0 Å². The van der Waals surface area contributed by atoms with Crippen molar-refractivity contribution in [3.63, 3.8) is 0 Å². The number of hydrogen-bond acceptors (Lipinski definition) is 5. The van der Waals surface area contributed by atoms with Gasteiger partial charge in [0.05, 0.1) is 6.10 Å². The molecule has 1 fully saturated rings. The predicted octanol–water partition coefficient (Wildman–Crippen LogP) is -0.123. The maximum Gasteiger partial charge on any atom is 0.159 e. The molecule has 19 heavy (non-hydrogen) atoms. The highest BCUT2D eigenvalue weighted by atomic mass is 16.5. The average Bonchev–Trinajstić information content (AvgIpc) is 2.84. The molecule has 3 N–H and O–H groups in total. The smallest absolute Gasteiger partial charge is 0.159 e. The van der Waals surface area contributed by atoms with Crippen LogP contribution in [0.2, 0.25) is 0 Å². The van der Waals surface area contributed by atoms with Crippen molar-refractivity contribution in [3.05, 3.63) is 29.8 Å². The van der Waals surface area contributed by atoms with Gasteiger partial charge in [-0.2, -0.15) is 0 Å². The fourth-order valence-electron chi connectivity index (χ4n) is 2.92. The Bertz CT molecular complexity index is 467. The van der Waals surface area contributed by atoms with Crippen LogP contribution in [-0.4, -0.2) is 52.5 Å². The SMILES string of the molecule is C[C@@H]1O[C@@H](N2CCc3ccccc32)[C@H](O)[C@H](O)[C@H]1O. The van der Waals surface area contributed by atoms with Crippen molar-refractivity contribution >= 4 is 5.69 Å². The summed E-state index contributed by atoms with van der Waals surface area (Å²) in [6, 6.07) is 7.97. The van der Waals surface area contributed by atoms with Gasteiger partial charge in [0.2, 0.25) is 0 Å². The molecule has 0 radical (unpaired) electrons. The molecule has 104 valence electrons. The zero-order chi connectivity index (χ0) is 13.6. The van der Waals surface area contributed by atoms with Crippen LogP contribution in [0.25, 0.3) is 0 Å². The van der Waals surface area contributed by atoms with Crippen LogP contribution >= 0.6 is 0 Å². The lowest BCUT2D eigenvalue weighted by Gasteiger charge is -2.43. The second kappa shape index (κ2) is 4.76. The second-order valence-electron chi connectivity index (χ2n) is 5.28. The third-order valence-electron chi connectivity index (χ3n) is 4.06. The number of aliphatic hydroxyl groups excluding tert-OH is 3. The largest absolute Gasteiger partial charge is 0.388 e. The topological polar surface area (TPSA) is 73.2 Å². The summed E-state index contributed by atoms with van der Waals surface area (Å²) in [7, 11) is 0. The predicted molar refractivity (Wildman–Crippen MR) is 69.8 cm³/mol. The normalized spacial score (nSPS) is 38.3. The van der Waals surface area contributed by atoms with Crippen LogP contribution in [0, 0.1) is 0 Å². The van der Waals surface area contributed by atoms with E-state index < -0.39 is 30.6 Å². The molecule has 2 aliphatic rings. The molecular weight excluding hydrogens is 246 g/mol. The van der Waals surface area contributed by atoms with Crippen LogP contribution in [0.3, 0.4) is 0 Å². The van der Waals surface area contributed by atoms with Gasteiger partial charge in [-0.1, -0.05) is 18.2 Å². The first-order valence-electron chi connectivity index (χ1n) is 6.64. The van der Waals surface area contributed by atoms with E-state index in [4.69, 9.17) is 4.74 Å². The van der Waals surface area contributed by atoms with Gasteiger partial charge in [0.1, 0.15) is 18.3 Å². The summed E-state index contributed by atoms with van der Waals surface area (Å²) >= 11 is 0. The summed E-state index contributed by atoms with van der Waals surface area (Å²) in [5.74, 6) is 0. The molecule has 0 amide bonds. The fraction of sp³-hybridized carbons (Fsp3) is 0.571. The Morgan fingerprint density at radius 2 is 1.84 bits per heavy atom. The van der Waals surface area contributed by atoms with E-state index in [2.05, 4.69) is 6.07 Å². The van der Waals surface area contributed by atoms with Gasteiger partial charge < -0.3 is 25.0 Å². The lowest BCUT2D eigenvalue weighted by atomic mass is 9.98. The minimum atomic E-state index is -1.18. The Hall–Kier alpha value is -1.14. The summed E-state index contributed by atoms with van der Waals surface area (Å²) in [6.07, 6.45) is -3.56. The van der Waals surface area contributed by atoms with Crippen molar-refractivity contribution in [3.8, 4) is 0 Å². The Labute approximate surface area is 112 Å². The van der Waals surface area contributed by atoms with Crippen LogP contribution in [0.15, 0.2) is 24.3 Å². The van der Waals surface area contributed by atoms with E-state index in [0.29, 0.717) is 0 Å². The molecule has 0 aromatic heterocycles. The van der Waals surface area contributed by atoms with Crippen LogP contribution < -0.4 is 4.90 Å². The minimum Gasteiger partial charge on any atom is -0.388 e. The molecular formula is C14H19NO4. The number of ether oxygens (including phenoxy) is 1. The molecule has 1 aromatic rings. The van der Waals surface area contributed by atoms with E-state index in [-0.39, 0.29) is 0 Å². The van der Waals surface area contributed by atoms with Crippen molar-refractivity contribution in [1.29, 1.82) is 0 Å². The second-order valence-corrected chi connectivity index (χ2v) is 5.28. The highest BCUT2D eigenvalue weighted by Crippen LogP contribution is 2.33. The third-order valence-corrected chi connectivity index (χ3v) is 4.06. The Morgan fingerprint density at radius 1 is 1.11 bits per heavy atom. The molecule has 2 heterocycles. The summed E-state index contributed by atoms with van der Waals surface area (Å²) in [4.78, 5) is 1.96. The quantitative estimate of drug-likeness (QED) is 0.660. The molecule has 2 aliphatic heterocycles. The van der Waals surface area contributed by atoms with Crippen molar-refractivity contribution in [1.82, 2.24) is 0 Å². The van der Waals surface area contributed by atoms with E-state index in [0.717, 1.165) is 18.7 Å². The monoisotopic (exact) mass is 265 g/mol. The Balaban J connectivity index is 1.87. The molecule has 5 heteroatoms. The number of hydrogen-bond donors (Lipinski definition) is 3. The zero-order valence-corrected chi connectivity index (χ0v) is 10.8. The van der Waals surface area contributed by atoms with Crippen molar-refractivity contribution in [2.75, 3.05) is 11.4 Å². The number of rotatable bonds is 1. The summed E-state index contributed by atoms with van der Waals surface area (Å²) in [5.41, 5.74) is 2.24. The fourth-order valence-corrected chi connectivity index (χ4v) is 2.92. The molecule has 1 saturated heterocycles. The molecule has 5 nitrogen and oxygen atoms in total. The number of aliphatic hydroxyl groups is 3. The van der Waals surface area contributed by atoms with E-state index in [1.54, 1.807) is 6.92 Å². The number of para-hydroxylation sites is 1. The highest BCUT2D eigenvalue weighted by Gasteiger charge is 2.45.